The van der Waals surface area contributed by atoms with E-state index in [1.807, 2.05) is 0 Å². The zero-order valence-electron chi connectivity index (χ0n) is 10.5. The quantitative estimate of drug-likeness (QED) is 0.907. The van der Waals surface area contributed by atoms with Gasteiger partial charge in [-0.3, -0.25) is 9.13 Å². The molecule has 1 aromatic carbocycles. The van der Waals surface area contributed by atoms with E-state index >= 15 is 0 Å². The van der Waals surface area contributed by atoms with Crippen molar-refractivity contribution in [2.45, 2.75) is 18.6 Å². The molecule has 1 aromatic heterocycles. The number of rotatable bonds is 2. The van der Waals surface area contributed by atoms with Gasteiger partial charge >= 0.3 is 11.9 Å². The van der Waals surface area contributed by atoms with Crippen LogP contribution in [0.4, 0.5) is 13.2 Å². The van der Waals surface area contributed by atoms with Crippen LogP contribution in [0.2, 0.25) is 0 Å². The third kappa shape index (κ3) is 2.51. The highest BCUT2D eigenvalue weighted by Gasteiger charge is 2.31. The number of aryl methyl sites for hydroxylation is 2. The molecular formula is C12H14F3N3O. The van der Waals surface area contributed by atoms with E-state index in [1.165, 1.54) is 21.3 Å². The number of nitrogens with zero attached hydrogens (tertiary/aromatic N) is 2. The number of fused-ring (bicyclic) bond motifs is 1. The molecule has 1 atom stereocenters. The molecule has 0 aliphatic carbocycles. The van der Waals surface area contributed by atoms with Crippen LogP contribution in [-0.4, -0.2) is 15.3 Å². The van der Waals surface area contributed by atoms with Crippen molar-refractivity contribution < 1.29 is 13.2 Å². The minimum Gasteiger partial charge on any atom is -0.324 e. The Bertz CT molecular complexity index is 669. The van der Waals surface area contributed by atoms with E-state index in [9.17, 15) is 18.0 Å². The Morgan fingerprint density at radius 3 is 2.37 bits per heavy atom. The third-order valence-electron chi connectivity index (χ3n) is 3.18. The van der Waals surface area contributed by atoms with Gasteiger partial charge in [-0.25, -0.2) is 4.79 Å². The molecule has 19 heavy (non-hydrogen) atoms. The maximum absolute atomic E-state index is 12.3. The van der Waals surface area contributed by atoms with Crippen molar-refractivity contribution in [3.05, 3.63) is 34.2 Å². The van der Waals surface area contributed by atoms with Gasteiger partial charge in [0.25, 0.3) is 0 Å². The van der Waals surface area contributed by atoms with Crippen molar-refractivity contribution in [2.24, 2.45) is 19.8 Å². The lowest BCUT2D eigenvalue weighted by Crippen LogP contribution is -2.20. The summed E-state index contributed by atoms with van der Waals surface area (Å²) in [6, 6.07) is 3.55. The van der Waals surface area contributed by atoms with Gasteiger partial charge in [0, 0.05) is 20.1 Å². The van der Waals surface area contributed by atoms with Gasteiger partial charge in [0.1, 0.15) is 0 Å². The van der Waals surface area contributed by atoms with Gasteiger partial charge in [-0.1, -0.05) is 6.07 Å². The molecular weight excluding hydrogens is 259 g/mol. The number of alkyl halides is 3. The molecule has 0 spiro atoms. The van der Waals surface area contributed by atoms with Crippen molar-refractivity contribution in [1.82, 2.24) is 9.13 Å². The molecule has 4 nitrogen and oxygen atoms in total. The normalized spacial score (nSPS) is 14.0. The van der Waals surface area contributed by atoms with Gasteiger partial charge in [-0.05, 0) is 17.7 Å². The second-order valence-electron chi connectivity index (χ2n) is 4.57. The van der Waals surface area contributed by atoms with Crippen LogP contribution in [0.3, 0.4) is 0 Å². The number of nitrogens with two attached hydrogens (primary N) is 1. The highest BCUT2D eigenvalue weighted by Crippen LogP contribution is 2.29. The van der Waals surface area contributed by atoms with Crippen LogP contribution in [0, 0.1) is 0 Å². The van der Waals surface area contributed by atoms with Crippen LogP contribution in [-0.2, 0) is 14.1 Å². The fourth-order valence-corrected chi connectivity index (χ4v) is 2.12. The van der Waals surface area contributed by atoms with Gasteiger partial charge < -0.3 is 5.73 Å². The van der Waals surface area contributed by atoms with Crippen LogP contribution in [0.25, 0.3) is 11.0 Å². The molecule has 0 fully saturated rings. The Morgan fingerprint density at radius 1 is 1.21 bits per heavy atom. The van der Waals surface area contributed by atoms with Crippen molar-refractivity contribution in [3.63, 3.8) is 0 Å². The van der Waals surface area contributed by atoms with Crippen molar-refractivity contribution in [1.29, 1.82) is 0 Å². The molecule has 1 unspecified atom stereocenters. The lowest BCUT2D eigenvalue weighted by atomic mass is 10.0. The van der Waals surface area contributed by atoms with Crippen LogP contribution in [0.5, 0.6) is 0 Å². The van der Waals surface area contributed by atoms with E-state index in [4.69, 9.17) is 5.73 Å². The minimum absolute atomic E-state index is 0.225. The first-order valence-electron chi connectivity index (χ1n) is 5.68. The Morgan fingerprint density at radius 2 is 1.79 bits per heavy atom. The SMILES string of the molecule is Cn1c(=O)n(C)c2cc(C(N)CC(F)(F)F)ccc21. The van der Waals surface area contributed by atoms with Crippen LogP contribution < -0.4 is 11.4 Å². The number of hydrogen-bond donors (Lipinski definition) is 1. The van der Waals surface area contributed by atoms with Gasteiger partial charge in [0.05, 0.1) is 17.5 Å². The fourth-order valence-electron chi connectivity index (χ4n) is 2.12. The monoisotopic (exact) mass is 273 g/mol. The molecule has 2 rings (SSSR count). The molecule has 0 radical (unpaired) electrons. The maximum atomic E-state index is 12.3. The van der Waals surface area contributed by atoms with Crippen molar-refractivity contribution >= 4 is 11.0 Å². The summed E-state index contributed by atoms with van der Waals surface area (Å²) >= 11 is 0. The molecule has 2 N–H and O–H groups in total. The van der Waals surface area contributed by atoms with Crippen LogP contribution >= 0.6 is 0 Å². The average Bonchev–Trinajstić information content (AvgIpc) is 2.52. The molecule has 0 aliphatic rings. The van der Waals surface area contributed by atoms with Gasteiger partial charge in [0.2, 0.25) is 0 Å². The molecule has 0 aliphatic heterocycles. The van der Waals surface area contributed by atoms with E-state index in [0.717, 1.165) is 0 Å². The van der Waals surface area contributed by atoms with E-state index in [2.05, 4.69) is 0 Å². The van der Waals surface area contributed by atoms with Crippen LogP contribution in [0.15, 0.2) is 23.0 Å². The molecule has 0 bridgehead atoms. The van der Waals surface area contributed by atoms with E-state index in [-0.39, 0.29) is 5.69 Å². The van der Waals surface area contributed by atoms with E-state index in [0.29, 0.717) is 16.6 Å². The Hall–Kier alpha value is -1.76. The van der Waals surface area contributed by atoms with Crippen molar-refractivity contribution in [2.75, 3.05) is 0 Å². The van der Waals surface area contributed by atoms with Gasteiger partial charge in [-0.15, -0.1) is 0 Å². The first kappa shape index (κ1) is 13.7. The summed E-state index contributed by atoms with van der Waals surface area (Å²) in [6.07, 6.45) is -5.39. The summed E-state index contributed by atoms with van der Waals surface area (Å²) in [6.45, 7) is 0. The fraction of sp³-hybridized carbons (Fsp3) is 0.417. The molecule has 104 valence electrons. The summed E-state index contributed by atoms with van der Waals surface area (Å²) < 4.78 is 39.8. The van der Waals surface area contributed by atoms with Crippen molar-refractivity contribution in [3.8, 4) is 0 Å². The maximum Gasteiger partial charge on any atom is 0.390 e. The topological polar surface area (TPSA) is 53.0 Å². The molecule has 7 heteroatoms. The summed E-state index contributed by atoms with van der Waals surface area (Å²) in [5.74, 6) is 0. The number of aromatic nitrogens is 2. The second kappa shape index (κ2) is 4.41. The zero-order chi connectivity index (χ0) is 14.4. The molecule has 1 heterocycles. The first-order chi connectivity index (χ1) is 8.70. The lowest BCUT2D eigenvalue weighted by molar-refractivity contribution is -0.138. The Labute approximate surface area is 107 Å². The average molecular weight is 273 g/mol. The largest absolute Gasteiger partial charge is 0.390 e. The Balaban J connectivity index is 2.48. The third-order valence-corrected chi connectivity index (χ3v) is 3.18. The summed E-state index contributed by atoms with van der Waals surface area (Å²) in [5, 5.41) is 0. The second-order valence-corrected chi connectivity index (χ2v) is 4.57. The zero-order valence-corrected chi connectivity index (χ0v) is 10.5. The molecule has 0 saturated carbocycles. The summed E-state index contributed by atoms with van der Waals surface area (Å²) in [7, 11) is 3.18. The molecule has 0 amide bonds. The van der Waals surface area contributed by atoms with Gasteiger partial charge in [0.15, 0.2) is 0 Å². The number of hydrogen-bond acceptors (Lipinski definition) is 2. The standard InChI is InChI=1S/C12H14F3N3O/c1-17-9-4-3-7(8(16)6-12(13,14)15)5-10(9)18(2)11(17)19/h3-5,8H,6,16H2,1-2H3. The molecule has 2 aromatic rings. The van der Waals surface area contributed by atoms with Gasteiger partial charge in [-0.2, -0.15) is 13.2 Å². The van der Waals surface area contributed by atoms with E-state index < -0.39 is 18.6 Å². The number of imidazole rings is 1. The summed E-state index contributed by atoms with van der Waals surface area (Å²) in [5.41, 5.74) is 6.93. The molecule has 0 saturated heterocycles. The number of benzene rings is 1. The smallest absolute Gasteiger partial charge is 0.324 e. The highest BCUT2D eigenvalue weighted by atomic mass is 19.4. The predicted octanol–water partition coefficient (Wildman–Crippen LogP) is 1.83. The lowest BCUT2D eigenvalue weighted by Gasteiger charge is -2.14. The van der Waals surface area contributed by atoms with Crippen LogP contribution in [0.1, 0.15) is 18.0 Å². The predicted molar refractivity (Wildman–Crippen MR) is 65.8 cm³/mol. The summed E-state index contributed by atoms with van der Waals surface area (Å²) in [4.78, 5) is 11.7. The highest BCUT2D eigenvalue weighted by molar-refractivity contribution is 5.77. The Kier molecular flexibility index (Phi) is 3.17. The minimum atomic E-state index is -4.31. The first-order valence-corrected chi connectivity index (χ1v) is 5.68. The number of halogens is 3. The van der Waals surface area contributed by atoms with E-state index in [1.54, 1.807) is 20.2 Å².